The van der Waals surface area contributed by atoms with Crippen LogP contribution in [0, 0.1) is 12.8 Å². The molecule has 2 N–H and O–H groups in total. The zero-order chi connectivity index (χ0) is 26.4. The average Bonchev–Trinajstić information content (AvgIpc) is 3.72. The number of anilines is 2. The van der Waals surface area contributed by atoms with E-state index in [4.69, 9.17) is 16.6 Å². The maximum atomic E-state index is 13.4. The number of carboxylic acids is 1. The molecule has 0 unspecified atom stereocenters. The van der Waals surface area contributed by atoms with Crippen molar-refractivity contribution in [3.8, 4) is 0 Å². The van der Waals surface area contributed by atoms with Gasteiger partial charge in [0, 0.05) is 44.7 Å². The molecule has 37 heavy (non-hydrogen) atoms. The summed E-state index contributed by atoms with van der Waals surface area (Å²) in [5, 5.41) is 13.4. The smallest absolute Gasteiger partial charge is 0.356 e. The van der Waals surface area contributed by atoms with Crippen LogP contribution in [0.15, 0.2) is 29.1 Å². The highest BCUT2D eigenvalue weighted by atomic mass is 35.5. The molecular formula is C26H29ClN6O4. The van der Waals surface area contributed by atoms with Gasteiger partial charge >= 0.3 is 5.97 Å². The number of fused-ring (bicyclic) bond motifs is 1. The second-order valence-electron chi connectivity index (χ2n) is 9.81. The number of rotatable bonds is 6. The minimum atomic E-state index is -1.19. The van der Waals surface area contributed by atoms with Gasteiger partial charge < -0.3 is 20.2 Å². The predicted octanol–water partition coefficient (Wildman–Crippen LogP) is 3.22. The molecule has 194 valence electrons. The van der Waals surface area contributed by atoms with Crippen molar-refractivity contribution in [3.05, 3.63) is 56.6 Å². The first-order valence-electron chi connectivity index (χ1n) is 12.4. The second-order valence-corrected chi connectivity index (χ2v) is 10.2. The molecule has 2 aliphatic rings. The number of carbonyl (C=O) groups is 2. The van der Waals surface area contributed by atoms with Crippen LogP contribution in [0.1, 0.15) is 47.4 Å². The first kappa shape index (κ1) is 25.0. The van der Waals surface area contributed by atoms with Crippen molar-refractivity contribution >= 4 is 46.0 Å². The van der Waals surface area contributed by atoms with Crippen LogP contribution in [0.5, 0.6) is 0 Å². The van der Waals surface area contributed by atoms with Crippen molar-refractivity contribution < 1.29 is 14.7 Å². The molecule has 1 aromatic carbocycles. The summed E-state index contributed by atoms with van der Waals surface area (Å²) < 4.78 is 1.56. The maximum Gasteiger partial charge on any atom is 0.356 e. The molecule has 10 nitrogen and oxygen atoms in total. The molecule has 2 fully saturated rings. The van der Waals surface area contributed by atoms with Crippen LogP contribution in [0.2, 0.25) is 5.15 Å². The van der Waals surface area contributed by atoms with Gasteiger partial charge in [0.25, 0.3) is 5.56 Å². The summed E-state index contributed by atoms with van der Waals surface area (Å²) in [4.78, 5) is 50.5. The summed E-state index contributed by atoms with van der Waals surface area (Å²) >= 11 is 5.91. The highest BCUT2D eigenvalue weighted by Gasteiger charge is 2.35. The molecule has 3 heterocycles. The Kier molecular flexibility index (Phi) is 6.53. The van der Waals surface area contributed by atoms with E-state index in [2.05, 4.69) is 10.3 Å². The van der Waals surface area contributed by atoms with Crippen molar-refractivity contribution in [2.45, 2.75) is 32.7 Å². The van der Waals surface area contributed by atoms with Gasteiger partial charge in [0.1, 0.15) is 5.15 Å². The molecule has 3 aromatic rings. The lowest BCUT2D eigenvalue weighted by molar-refractivity contribution is -0.132. The quantitative estimate of drug-likeness (QED) is 0.471. The van der Waals surface area contributed by atoms with E-state index >= 15 is 0 Å². The molecule has 1 saturated carbocycles. The van der Waals surface area contributed by atoms with Crippen LogP contribution < -0.4 is 15.8 Å². The lowest BCUT2D eigenvalue weighted by atomic mass is 10.0. The Hall–Kier alpha value is -3.66. The van der Waals surface area contributed by atoms with E-state index in [9.17, 15) is 19.5 Å². The van der Waals surface area contributed by atoms with Gasteiger partial charge in [0.05, 0.1) is 22.6 Å². The second kappa shape index (κ2) is 9.66. The number of aromatic carboxylic acids is 1. The van der Waals surface area contributed by atoms with Crippen LogP contribution in [-0.4, -0.2) is 62.6 Å². The Balaban J connectivity index is 1.50. The van der Waals surface area contributed by atoms with E-state index in [1.165, 1.54) is 6.07 Å². The van der Waals surface area contributed by atoms with Gasteiger partial charge in [0.15, 0.2) is 5.69 Å². The third kappa shape index (κ3) is 4.85. The third-order valence-corrected chi connectivity index (χ3v) is 7.24. The Bertz CT molecular complexity index is 1460. The van der Waals surface area contributed by atoms with Gasteiger partial charge in [-0.25, -0.2) is 14.8 Å². The van der Waals surface area contributed by atoms with Crippen LogP contribution in [-0.2, 0) is 11.8 Å². The molecule has 11 heteroatoms. The first-order valence-corrected chi connectivity index (χ1v) is 12.7. The fraction of sp³-hybridized carbons (Fsp3) is 0.423. The highest BCUT2D eigenvalue weighted by molar-refractivity contribution is 6.29. The van der Waals surface area contributed by atoms with E-state index in [0.29, 0.717) is 48.7 Å². The Morgan fingerprint density at radius 1 is 1.14 bits per heavy atom. The standard InChI is InChI=1S/C26H29ClN6O4/c1-14-12-17(15(2)28-19-6-7-20(27)29-22(19)25(36)37)21-18(13-14)24(35)31(3)26(30-21)33-10-8-32(9-11-33)23(34)16-4-5-16/h6-7,12-13,15-16,28H,4-5,8-11H2,1-3H3,(H,36,37)/t15-/m1/s1. The number of pyridine rings is 1. The zero-order valence-corrected chi connectivity index (χ0v) is 21.7. The zero-order valence-electron chi connectivity index (χ0n) is 21.0. The number of benzene rings is 1. The van der Waals surface area contributed by atoms with E-state index in [1.807, 2.05) is 35.8 Å². The molecule has 1 amide bonds. The molecule has 1 aliphatic heterocycles. The van der Waals surface area contributed by atoms with Gasteiger partial charge in [-0.1, -0.05) is 17.7 Å². The number of carboxylic acid groups (broad SMARTS) is 1. The van der Waals surface area contributed by atoms with Crippen LogP contribution in [0.25, 0.3) is 10.9 Å². The Morgan fingerprint density at radius 3 is 2.49 bits per heavy atom. The van der Waals surface area contributed by atoms with Gasteiger partial charge in [-0.15, -0.1) is 0 Å². The van der Waals surface area contributed by atoms with Crippen LogP contribution in [0.4, 0.5) is 11.6 Å². The van der Waals surface area contributed by atoms with Gasteiger partial charge in [-0.05, 0) is 50.5 Å². The summed E-state index contributed by atoms with van der Waals surface area (Å²) in [5.41, 5.74) is 2.19. The Morgan fingerprint density at radius 2 is 1.84 bits per heavy atom. The molecule has 1 saturated heterocycles. The number of amides is 1. The molecule has 5 rings (SSSR count). The van der Waals surface area contributed by atoms with Gasteiger partial charge in [0.2, 0.25) is 11.9 Å². The molecule has 0 spiro atoms. The molecule has 1 atom stereocenters. The average molecular weight is 525 g/mol. The number of hydrogen-bond acceptors (Lipinski definition) is 7. The fourth-order valence-electron chi connectivity index (χ4n) is 4.90. The number of piperazine rings is 1. The lowest BCUT2D eigenvalue weighted by Gasteiger charge is -2.36. The van der Waals surface area contributed by atoms with Gasteiger partial charge in [-0.2, -0.15) is 0 Å². The van der Waals surface area contributed by atoms with E-state index in [-0.39, 0.29) is 34.3 Å². The van der Waals surface area contributed by atoms with E-state index in [1.54, 1.807) is 17.7 Å². The Labute approximate surface area is 218 Å². The molecule has 0 bridgehead atoms. The number of carbonyl (C=O) groups excluding carboxylic acids is 1. The van der Waals surface area contributed by atoms with Crippen LogP contribution >= 0.6 is 11.6 Å². The monoisotopic (exact) mass is 524 g/mol. The van der Waals surface area contributed by atoms with Crippen molar-refractivity contribution in [2.75, 3.05) is 36.4 Å². The van der Waals surface area contributed by atoms with Crippen molar-refractivity contribution in [3.63, 3.8) is 0 Å². The summed E-state index contributed by atoms with van der Waals surface area (Å²) in [6, 6.07) is 6.49. The summed E-state index contributed by atoms with van der Waals surface area (Å²) in [5.74, 6) is -0.227. The molecule has 0 radical (unpaired) electrons. The normalized spacial score (nSPS) is 16.6. The van der Waals surface area contributed by atoms with E-state index in [0.717, 1.165) is 24.0 Å². The van der Waals surface area contributed by atoms with Crippen molar-refractivity contribution in [1.29, 1.82) is 0 Å². The summed E-state index contributed by atoms with van der Waals surface area (Å²) in [6.45, 7) is 6.18. The third-order valence-electron chi connectivity index (χ3n) is 7.03. The topological polar surface area (TPSA) is 121 Å². The number of aromatic nitrogens is 3. The van der Waals surface area contributed by atoms with Crippen molar-refractivity contribution in [1.82, 2.24) is 19.4 Å². The summed E-state index contributed by atoms with van der Waals surface area (Å²) in [7, 11) is 1.72. The predicted molar refractivity (Wildman–Crippen MR) is 141 cm³/mol. The highest BCUT2D eigenvalue weighted by Crippen LogP contribution is 2.32. The molecular weight excluding hydrogens is 496 g/mol. The molecule has 1 aliphatic carbocycles. The van der Waals surface area contributed by atoms with E-state index < -0.39 is 5.97 Å². The summed E-state index contributed by atoms with van der Waals surface area (Å²) in [6.07, 6.45) is 1.96. The minimum absolute atomic E-state index is 0.0883. The number of nitrogens with zero attached hydrogens (tertiary/aromatic N) is 5. The number of halogens is 1. The maximum absolute atomic E-state index is 13.4. The SMILES string of the molecule is Cc1cc([C@@H](C)Nc2ccc(Cl)nc2C(=O)O)c2nc(N3CCN(C(=O)C4CC4)CC3)n(C)c(=O)c2c1. The molecule has 2 aromatic heterocycles. The largest absolute Gasteiger partial charge is 0.476 e. The van der Waals surface area contributed by atoms with Crippen LogP contribution in [0.3, 0.4) is 0 Å². The fourth-order valence-corrected chi connectivity index (χ4v) is 5.04. The number of hydrogen-bond donors (Lipinski definition) is 2. The number of aryl methyl sites for hydroxylation is 1. The first-order chi connectivity index (χ1) is 17.6. The lowest BCUT2D eigenvalue weighted by Crippen LogP contribution is -2.50. The minimum Gasteiger partial charge on any atom is -0.476 e. The number of nitrogens with one attached hydrogen (secondary N) is 1. The van der Waals surface area contributed by atoms with Crippen molar-refractivity contribution in [2.24, 2.45) is 13.0 Å². The van der Waals surface area contributed by atoms with Gasteiger partial charge in [-0.3, -0.25) is 14.2 Å².